The molecule has 2 rings (SSSR count). The number of nitrogens with one attached hydrogen (secondary N) is 2. The van der Waals surface area contributed by atoms with Crippen LogP contribution in [0.2, 0.25) is 5.02 Å². The molecule has 0 aromatic heterocycles. The molecule has 2 N–H and O–H groups in total. The van der Waals surface area contributed by atoms with E-state index in [1.54, 1.807) is 0 Å². The first-order valence-electron chi connectivity index (χ1n) is 6.21. The molecule has 0 atom stereocenters. The predicted octanol–water partition coefficient (Wildman–Crippen LogP) is 3.83. The highest BCUT2D eigenvalue weighted by Gasteiger charge is 2.16. The third-order valence-electron chi connectivity index (χ3n) is 2.74. The molecule has 0 spiro atoms. The second kappa shape index (κ2) is 6.53. The summed E-state index contributed by atoms with van der Waals surface area (Å²) in [5.74, 6) is -3.57. The predicted molar refractivity (Wildman–Crippen MR) is 80.1 cm³/mol. The summed E-state index contributed by atoms with van der Waals surface area (Å²) in [5.41, 5.74) is 0.0298. The molecule has 0 fully saturated rings. The Morgan fingerprint density at radius 3 is 2.45 bits per heavy atom. The van der Waals surface area contributed by atoms with Crippen LogP contribution in [0, 0.1) is 11.6 Å². The summed E-state index contributed by atoms with van der Waals surface area (Å²) < 4.78 is 26.8. The maximum Gasteiger partial charge on any atom is 0.258 e. The maximum atomic E-state index is 13.6. The highest BCUT2D eigenvalue weighted by Crippen LogP contribution is 2.26. The molecule has 2 amide bonds. The van der Waals surface area contributed by atoms with Crippen LogP contribution in [-0.4, -0.2) is 11.8 Å². The number of hydrogen-bond acceptors (Lipinski definition) is 2. The first-order chi connectivity index (χ1) is 10.4. The molecule has 0 saturated heterocycles. The zero-order valence-electron chi connectivity index (χ0n) is 11.4. The summed E-state index contributed by atoms with van der Waals surface area (Å²) in [6, 6.07) is 7.66. The van der Waals surface area contributed by atoms with Gasteiger partial charge in [-0.15, -0.1) is 0 Å². The molecule has 0 aliphatic heterocycles. The SMILES string of the molecule is CC(=O)Nc1cc(Cl)ccc1NC(=O)c1cccc(F)c1F. The van der Waals surface area contributed by atoms with Crippen molar-refractivity contribution in [2.45, 2.75) is 6.92 Å². The Kier molecular flexibility index (Phi) is 4.72. The van der Waals surface area contributed by atoms with Crippen LogP contribution < -0.4 is 10.6 Å². The summed E-state index contributed by atoms with van der Waals surface area (Å²) in [6.07, 6.45) is 0. The van der Waals surface area contributed by atoms with Crippen LogP contribution in [0.4, 0.5) is 20.2 Å². The molecule has 4 nitrogen and oxygen atoms in total. The molecular weight excluding hydrogens is 314 g/mol. The fourth-order valence-corrected chi connectivity index (χ4v) is 1.96. The number of carbonyl (C=O) groups is 2. The Balaban J connectivity index is 2.32. The fraction of sp³-hybridized carbons (Fsp3) is 0.0667. The van der Waals surface area contributed by atoms with Crippen LogP contribution in [0.1, 0.15) is 17.3 Å². The highest BCUT2D eigenvalue weighted by molar-refractivity contribution is 6.31. The Hall–Kier alpha value is -2.47. The number of rotatable bonds is 3. The van der Waals surface area contributed by atoms with Gasteiger partial charge in [0.15, 0.2) is 11.6 Å². The quantitative estimate of drug-likeness (QED) is 0.901. The summed E-state index contributed by atoms with van der Waals surface area (Å²) in [7, 11) is 0. The Morgan fingerprint density at radius 2 is 1.77 bits per heavy atom. The molecule has 0 bridgehead atoms. The molecule has 0 aliphatic rings. The molecule has 22 heavy (non-hydrogen) atoms. The van der Waals surface area contributed by atoms with Crippen molar-refractivity contribution in [2.24, 2.45) is 0 Å². The third kappa shape index (κ3) is 3.59. The molecule has 7 heteroatoms. The molecule has 0 aliphatic carbocycles. The summed E-state index contributed by atoms with van der Waals surface area (Å²) in [6.45, 7) is 1.29. The van der Waals surface area contributed by atoms with Gasteiger partial charge in [-0.2, -0.15) is 0 Å². The van der Waals surface area contributed by atoms with E-state index in [4.69, 9.17) is 11.6 Å². The molecule has 0 heterocycles. The average Bonchev–Trinajstić information content (AvgIpc) is 2.44. The number of amides is 2. The molecule has 2 aromatic carbocycles. The van der Waals surface area contributed by atoms with Gasteiger partial charge in [-0.3, -0.25) is 9.59 Å². The van der Waals surface area contributed by atoms with E-state index in [1.807, 2.05) is 0 Å². The Bertz CT molecular complexity index is 750. The number of benzene rings is 2. The van der Waals surface area contributed by atoms with Crippen molar-refractivity contribution < 1.29 is 18.4 Å². The number of carbonyl (C=O) groups excluding carboxylic acids is 2. The number of anilines is 2. The van der Waals surface area contributed by atoms with Crippen LogP contribution in [0.3, 0.4) is 0 Å². The van der Waals surface area contributed by atoms with Gasteiger partial charge in [0.1, 0.15) is 0 Å². The van der Waals surface area contributed by atoms with E-state index in [0.29, 0.717) is 5.02 Å². The van der Waals surface area contributed by atoms with Crippen LogP contribution >= 0.6 is 11.6 Å². The van der Waals surface area contributed by atoms with E-state index >= 15 is 0 Å². The van der Waals surface area contributed by atoms with Gasteiger partial charge in [-0.05, 0) is 30.3 Å². The van der Waals surface area contributed by atoms with Crippen molar-refractivity contribution in [3.05, 3.63) is 58.6 Å². The molecule has 114 valence electrons. The molecule has 2 aromatic rings. The minimum absolute atomic E-state index is 0.216. The van der Waals surface area contributed by atoms with Gasteiger partial charge in [0.2, 0.25) is 5.91 Å². The monoisotopic (exact) mass is 324 g/mol. The summed E-state index contributed by atoms with van der Waals surface area (Å²) in [4.78, 5) is 23.2. The van der Waals surface area contributed by atoms with Crippen LogP contribution in [0.5, 0.6) is 0 Å². The minimum atomic E-state index is -1.24. The topological polar surface area (TPSA) is 58.2 Å². The number of hydrogen-bond donors (Lipinski definition) is 2. The van der Waals surface area contributed by atoms with Crippen LogP contribution in [0.15, 0.2) is 36.4 Å². The second-order valence-electron chi connectivity index (χ2n) is 4.43. The Labute approximate surface area is 130 Å². The van der Waals surface area contributed by atoms with E-state index < -0.39 is 23.1 Å². The van der Waals surface area contributed by atoms with E-state index in [2.05, 4.69) is 10.6 Å². The van der Waals surface area contributed by atoms with E-state index in [1.165, 1.54) is 31.2 Å². The average molecular weight is 325 g/mol. The van der Waals surface area contributed by atoms with Crippen molar-refractivity contribution in [1.82, 2.24) is 0 Å². The van der Waals surface area contributed by atoms with Crippen LogP contribution in [-0.2, 0) is 4.79 Å². The zero-order chi connectivity index (χ0) is 16.3. The van der Waals surface area contributed by atoms with Gasteiger partial charge in [0, 0.05) is 11.9 Å². The van der Waals surface area contributed by atoms with E-state index in [9.17, 15) is 18.4 Å². The summed E-state index contributed by atoms with van der Waals surface area (Å²) >= 11 is 5.83. The Morgan fingerprint density at radius 1 is 1.05 bits per heavy atom. The van der Waals surface area contributed by atoms with Gasteiger partial charge in [0.05, 0.1) is 16.9 Å². The van der Waals surface area contributed by atoms with Crippen molar-refractivity contribution in [3.8, 4) is 0 Å². The van der Waals surface area contributed by atoms with Crippen molar-refractivity contribution >= 4 is 34.8 Å². The second-order valence-corrected chi connectivity index (χ2v) is 4.86. The molecular formula is C15H11ClF2N2O2. The van der Waals surface area contributed by atoms with Gasteiger partial charge in [0.25, 0.3) is 5.91 Å². The third-order valence-corrected chi connectivity index (χ3v) is 2.97. The minimum Gasteiger partial charge on any atom is -0.324 e. The van der Waals surface area contributed by atoms with Gasteiger partial charge >= 0.3 is 0 Å². The van der Waals surface area contributed by atoms with Gasteiger partial charge in [-0.25, -0.2) is 8.78 Å². The highest BCUT2D eigenvalue weighted by atomic mass is 35.5. The fourth-order valence-electron chi connectivity index (χ4n) is 1.79. The summed E-state index contributed by atoms with van der Waals surface area (Å²) in [5, 5.41) is 5.25. The lowest BCUT2D eigenvalue weighted by atomic mass is 10.1. The van der Waals surface area contributed by atoms with E-state index in [-0.39, 0.29) is 17.3 Å². The van der Waals surface area contributed by atoms with Gasteiger partial charge in [-0.1, -0.05) is 17.7 Å². The first-order valence-corrected chi connectivity index (χ1v) is 6.59. The number of halogens is 3. The molecule has 0 unspecified atom stereocenters. The van der Waals surface area contributed by atoms with Crippen LogP contribution in [0.25, 0.3) is 0 Å². The van der Waals surface area contributed by atoms with Crippen molar-refractivity contribution in [2.75, 3.05) is 10.6 Å². The van der Waals surface area contributed by atoms with E-state index in [0.717, 1.165) is 12.1 Å². The standard InChI is InChI=1S/C15H11ClF2N2O2/c1-8(21)19-13-7-9(16)5-6-12(13)20-15(22)10-3-2-4-11(17)14(10)18/h2-7H,1H3,(H,19,21)(H,20,22). The normalized spacial score (nSPS) is 10.2. The van der Waals surface area contributed by atoms with Crippen molar-refractivity contribution in [3.63, 3.8) is 0 Å². The van der Waals surface area contributed by atoms with Gasteiger partial charge < -0.3 is 10.6 Å². The smallest absolute Gasteiger partial charge is 0.258 e. The van der Waals surface area contributed by atoms with Crippen molar-refractivity contribution in [1.29, 1.82) is 0 Å². The first kappa shape index (κ1) is 15.9. The maximum absolute atomic E-state index is 13.6. The lowest BCUT2D eigenvalue weighted by molar-refractivity contribution is -0.114. The zero-order valence-corrected chi connectivity index (χ0v) is 12.2. The largest absolute Gasteiger partial charge is 0.324 e. The molecule has 0 saturated carbocycles. The lowest BCUT2D eigenvalue weighted by Crippen LogP contribution is -2.16. The lowest BCUT2D eigenvalue weighted by Gasteiger charge is -2.12. The molecule has 0 radical (unpaired) electrons.